The number of aryl methyl sites for hydroxylation is 1. The monoisotopic (exact) mass is 298 g/mol. The van der Waals surface area contributed by atoms with E-state index in [0.29, 0.717) is 5.56 Å². The molecule has 0 atom stereocenters. The van der Waals surface area contributed by atoms with Crippen LogP contribution in [0, 0.1) is 0 Å². The molecular formula is C11H11BrN2OS. The Hall–Kier alpha value is -0.940. The second kappa shape index (κ2) is 4.93. The summed E-state index contributed by atoms with van der Waals surface area (Å²) < 4.78 is 2.85. The van der Waals surface area contributed by atoms with Gasteiger partial charge in [-0.1, -0.05) is 6.92 Å². The molecule has 2 aromatic heterocycles. The fourth-order valence-corrected chi connectivity index (χ4v) is 2.93. The Balaban J connectivity index is 2.42. The predicted octanol–water partition coefficient (Wildman–Crippen LogP) is 3.60. The Morgan fingerprint density at radius 3 is 3.00 bits per heavy atom. The molecule has 0 bridgehead atoms. The molecule has 2 heterocycles. The van der Waals surface area contributed by atoms with Crippen molar-refractivity contribution >= 4 is 33.6 Å². The third-order valence-corrected chi connectivity index (χ3v) is 3.87. The molecule has 0 unspecified atom stereocenters. The summed E-state index contributed by atoms with van der Waals surface area (Å²) in [5.41, 5.74) is 1.43. The quantitative estimate of drug-likeness (QED) is 0.809. The van der Waals surface area contributed by atoms with Crippen LogP contribution in [-0.4, -0.2) is 16.1 Å². The van der Waals surface area contributed by atoms with Crippen LogP contribution in [0.25, 0.3) is 10.6 Å². The normalized spacial score (nSPS) is 10.6. The van der Waals surface area contributed by atoms with Crippen LogP contribution in [0.2, 0.25) is 0 Å². The van der Waals surface area contributed by atoms with Crippen molar-refractivity contribution in [2.24, 2.45) is 0 Å². The van der Waals surface area contributed by atoms with Gasteiger partial charge in [-0.25, -0.2) is 0 Å². The van der Waals surface area contributed by atoms with Crippen molar-refractivity contribution in [2.45, 2.75) is 19.9 Å². The van der Waals surface area contributed by atoms with Gasteiger partial charge in [0.25, 0.3) is 0 Å². The van der Waals surface area contributed by atoms with Gasteiger partial charge < -0.3 is 0 Å². The molecule has 0 saturated heterocycles. The summed E-state index contributed by atoms with van der Waals surface area (Å²) in [4.78, 5) is 12.0. The standard InChI is InChI=1S/C11H11BrN2OS/c1-2-3-14-5-8(6-15)11(13-14)10-4-9(12)7-16-10/h4-7H,2-3H2,1H3. The van der Waals surface area contributed by atoms with Crippen molar-refractivity contribution in [3.8, 4) is 10.6 Å². The van der Waals surface area contributed by atoms with Crippen LogP contribution in [0.15, 0.2) is 22.1 Å². The topological polar surface area (TPSA) is 34.9 Å². The number of aromatic nitrogens is 2. The molecule has 3 nitrogen and oxygen atoms in total. The summed E-state index contributed by atoms with van der Waals surface area (Å²) in [7, 11) is 0. The number of rotatable bonds is 4. The Morgan fingerprint density at radius 2 is 2.44 bits per heavy atom. The average Bonchev–Trinajstić information content (AvgIpc) is 2.84. The number of carbonyl (C=O) groups is 1. The van der Waals surface area contributed by atoms with E-state index >= 15 is 0 Å². The lowest BCUT2D eigenvalue weighted by molar-refractivity contribution is 0.112. The maximum atomic E-state index is 11.0. The van der Waals surface area contributed by atoms with Gasteiger partial charge in [-0.2, -0.15) is 5.10 Å². The lowest BCUT2D eigenvalue weighted by atomic mass is 10.2. The second-order valence-electron chi connectivity index (χ2n) is 3.44. The Kier molecular flexibility index (Phi) is 3.56. The molecule has 0 saturated carbocycles. The summed E-state index contributed by atoms with van der Waals surface area (Å²) in [6.45, 7) is 2.93. The third kappa shape index (κ3) is 2.25. The van der Waals surface area contributed by atoms with Gasteiger partial charge in [-0.05, 0) is 28.4 Å². The maximum absolute atomic E-state index is 11.0. The van der Waals surface area contributed by atoms with E-state index < -0.39 is 0 Å². The zero-order chi connectivity index (χ0) is 11.5. The average molecular weight is 299 g/mol. The first-order valence-corrected chi connectivity index (χ1v) is 6.69. The molecule has 0 aliphatic heterocycles. The van der Waals surface area contributed by atoms with E-state index in [1.54, 1.807) is 17.5 Å². The zero-order valence-corrected chi connectivity index (χ0v) is 11.2. The van der Waals surface area contributed by atoms with Crippen molar-refractivity contribution in [1.82, 2.24) is 9.78 Å². The molecule has 0 fully saturated rings. The summed E-state index contributed by atoms with van der Waals surface area (Å²) >= 11 is 4.98. The molecule has 0 aromatic carbocycles. The lowest BCUT2D eigenvalue weighted by Gasteiger charge is -1.95. The van der Waals surface area contributed by atoms with Crippen molar-refractivity contribution < 1.29 is 4.79 Å². The molecule has 0 radical (unpaired) electrons. The van der Waals surface area contributed by atoms with Crippen LogP contribution in [0.3, 0.4) is 0 Å². The summed E-state index contributed by atoms with van der Waals surface area (Å²) in [5.74, 6) is 0. The van der Waals surface area contributed by atoms with Crippen molar-refractivity contribution in [2.75, 3.05) is 0 Å². The van der Waals surface area contributed by atoms with E-state index in [1.807, 2.05) is 16.1 Å². The first-order chi connectivity index (χ1) is 7.74. The van der Waals surface area contributed by atoms with Crippen LogP contribution in [0.4, 0.5) is 0 Å². The van der Waals surface area contributed by atoms with Gasteiger partial charge in [0.15, 0.2) is 6.29 Å². The SMILES string of the molecule is CCCn1cc(C=O)c(-c2cc(Br)cs2)n1. The number of hydrogen-bond donors (Lipinski definition) is 0. The fraction of sp³-hybridized carbons (Fsp3) is 0.273. The number of hydrogen-bond acceptors (Lipinski definition) is 3. The minimum absolute atomic E-state index is 0.655. The van der Waals surface area contributed by atoms with Gasteiger partial charge in [0.05, 0.1) is 10.4 Å². The molecule has 0 spiro atoms. The smallest absolute Gasteiger partial charge is 0.153 e. The molecule has 0 aliphatic rings. The first-order valence-electron chi connectivity index (χ1n) is 5.01. The number of halogens is 1. The molecular weight excluding hydrogens is 288 g/mol. The van der Waals surface area contributed by atoms with Gasteiger partial charge in [-0.3, -0.25) is 9.48 Å². The van der Waals surface area contributed by atoms with E-state index in [0.717, 1.165) is 34.3 Å². The summed E-state index contributed by atoms with van der Waals surface area (Å²) in [6.07, 6.45) is 3.68. The van der Waals surface area contributed by atoms with Gasteiger partial charge in [-0.15, -0.1) is 11.3 Å². The van der Waals surface area contributed by atoms with Crippen LogP contribution in [-0.2, 0) is 6.54 Å². The lowest BCUT2D eigenvalue weighted by Crippen LogP contribution is -1.96. The van der Waals surface area contributed by atoms with Crippen LogP contribution >= 0.6 is 27.3 Å². The highest BCUT2D eigenvalue weighted by molar-refractivity contribution is 9.10. The van der Waals surface area contributed by atoms with Gasteiger partial charge >= 0.3 is 0 Å². The maximum Gasteiger partial charge on any atom is 0.153 e. The molecule has 2 rings (SSSR count). The minimum atomic E-state index is 0.655. The molecule has 84 valence electrons. The number of aldehydes is 1. The number of carbonyl (C=O) groups excluding carboxylic acids is 1. The van der Waals surface area contributed by atoms with E-state index in [1.165, 1.54) is 0 Å². The van der Waals surface area contributed by atoms with Crippen molar-refractivity contribution in [3.05, 3.63) is 27.7 Å². The molecule has 0 N–H and O–H groups in total. The summed E-state index contributed by atoms with van der Waals surface area (Å²) in [5, 5.41) is 6.42. The van der Waals surface area contributed by atoms with Crippen molar-refractivity contribution in [3.63, 3.8) is 0 Å². The molecule has 16 heavy (non-hydrogen) atoms. The predicted molar refractivity (Wildman–Crippen MR) is 68.9 cm³/mol. The summed E-state index contributed by atoms with van der Waals surface area (Å²) in [6, 6.07) is 1.98. The van der Waals surface area contributed by atoms with E-state index in [4.69, 9.17) is 0 Å². The third-order valence-electron chi connectivity index (χ3n) is 2.17. The molecule has 0 amide bonds. The highest BCUT2D eigenvalue weighted by Gasteiger charge is 2.12. The number of thiophene rings is 1. The van der Waals surface area contributed by atoms with E-state index in [-0.39, 0.29) is 0 Å². The Bertz CT molecular complexity index is 504. The Labute approximate surface area is 106 Å². The minimum Gasteiger partial charge on any atom is -0.298 e. The van der Waals surface area contributed by atoms with E-state index in [2.05, 4.69) is 28.0 Å². The molecule has 5 heteroatoms. The Morgan fingerprint density at radius 1 is 1.62 bits per heavy atom. The molecule has 0 aliphatic carbocycles. The number of nitrogens with zero attached hydrogens (tertiary/aromatic N) is 2. The van der Waals surface area contributed by atoms with Gasteiger partial charge in [0.2, 0.25) is 0 Å². The fourth-order valence-electron chi connectivity index (χ4n) is 1.50. The van der Waals surface area contributed by atoms with E-state index in [9.17, 15) is 4.79 Å². The van der Waals surface area contributed by atoms with Crippen LogP contribution < -0.4 is 0 Å². The van der Waals surface area contributed by atoms with Gasteiger partial charge in [0.1, 0.15) is 5.69 Å². The highest BCUT2D eigenvalue weighted by atomic mass is 79.9. The van der Waals surface area contributed by atoms with Gasteiger partial charge in [0, 0.05) is 22.6 Å². The largest absolute Gasteiger partial charge is 0.298 e. The zero-order valence-electron chi connectivity index (χ0n) is 8.81. The van der Waals surface area contributed by atoms with Crippen LogP contribution in [0.1, 0.15) is 23.7 Å². The highest BCUT2D eigenvalue weighted by Crippen LogP contribution is 2.30. The second-order valence-corrected chi connectivity index (χ2v) is 5.27. The van der Waals surface area contributed by atoms with Crippen molar-refractivity contribution in [1.29, 1.82) is 0 Å². The first kappa shape index (κ1) is 11.5. The van der Waals surface area contributed by atoms with Crippen LogP contribution in [0.5, 0.6) is 0 Å². The molecule has 2 aromatic rings.